The Balaban J connectivity index is 1.90. The van der Waals surface area contributed by atoms with Gasteiger partial charge in [0.05, 0.1) is 6.54 Å². The maximum atomic E-state index is 13.0. The zero-order valence-electron chi connectivity index (χ0n) is 21.0. The second-order valence-corrected chi connectivity index (χ2v) is 10.1. The van der Waals surface area contributed by atoms with Gasteiger partial charge in [-0.15, -0.1) is 0 Å². The van der Waals surface area contributed by atoms with E-state index in [2.05, 4.69) is 50.3 Å². The van der Waals surface area contributed by atoms with Gasteiger partial charge >= 0.3 is 5.97 Å². The molecule has 2 aliphatic rings. The number of phenols is 1. The molecule has 1 saturated heterocycles. The first-order valence-electron chi connectivity index (χ1n) is 12.6. The largest absolute Gasteiger partial charge is 0.507 e. The van der Waals surface area contributed by atoms with E-state index in [-0.39, 0.29) is 30.1 Å². The zero-order chi connectivity index (χ0) is 24.0. The van der Waals surface area contributed by atoms with Crippen LogP contribution in [0.25, 0.3) is 0 Å². The fourth-order valence-electron chi connectivity index (χ4n) is 5.06. The van der Waals surface area contributed by atoms with Crippen LogP contribution in [0.1, 0.15) is 69.9 Å². The van der Waals surface area contributed by atoms with Crippen molar-refractivity contribution in [3.05, 3.63) is 47.1 Å². The molecule has 0 bridgehead atoms. The number of rotatable bonds is 9. The van der Waals surface area contributed by atoms with Gasteiger partial charge in [-0.25, -0.2) is 0 Å². The third-order valence-corrected chi connectivity index (χ3v) is 7.13. The second kappa shape index (κ2) is 11.8. The quantitative estimate of drug-likeness (QED) is 0.238. The maximum absolute atomic E-state index is 13.0. The molecule has 5 heteroatoms. The summed E-state index contributed by atoms with van der Waals surface area (Å²) in [5, 5.41) is 11.2. The van der Waals surface area contributed by atoms with Crippen LogP contribution >= 0.6 is 0 Å². The minimum Gasteiger partial charge on any atom is -0.507 e. The molecule has 0 saturated carbocycles. The topological polar surface area (TPSA) is 53.0 Å². The van der Waals surface area contributed by atoms with E-state index in [1.54, 1.807) is 0 Å². The third kappa shape index (κ3) is 6.94. The van der Waals surface area contributed by atoms with E-state index < -0.39 is 0 Å². The molecular weight excluding hydrogens is 412 g/mol. The fourth-order valence-corrected chi connectivity index (χ4v) is 5.06. The first-order chi connectivity index (χ1) is 15.8. The highest BCUT2D eigenvalue weighted by Crippen LogP contribution is 2.47. The Morgan fingerprint density at radius 1 is 1.21 bits per heavy atom. The molecule has 1 N–H and O–H groups in total. The lowest BCUT2D eigenvalue weighted by Gasteiger charge is -2.33. The van der Waals surface area contributed by atoms with Crippen molar-refractivity contribution < 1.29 is 14.6 Å². The van der Waals surface area contributed by atoms with Gasteiger partial charge in [0, 0.05) is 37.7 Å². The predicted molar refractivity (Wildman–Crippen MR) is 135 cm³/mol. The Bertz CT molecular complexity index is 868. The van der Waals surface area contributed by atoms with Gasteiger partial charge in [0.25, 0.3) is 0 Å². The smallest absolute Gasteiger partial charge is 0.325 e. The summed E-state index contributed by atoms with van der Waals surface area (Å²) in [7, 11) is 2.10. The average molecular weight is 455 g/mol. The molecular formula is C28H42N2O3. The molecule has 1 fully saturated rings. The number of nitrogens with zero attached hydrogens (tertiary/aromatic N) is 2. The van der Waals surface area contributed by atoms with Crippen molar-refractivity contribution in [3.63, 3.8) is 0 Å². The third-order valence-electron chi connectivity index (χ3n) is 7.13. The summed E-state index contributed by atoms with van der Waals surface area (Å²) in [6.07, 6.45) is 8.46. The van der Waals surface area contributed by atoms with Gasteiger partial charge in [-0.2, -0.15) is 0 Å². The Hall–Kier alpha value is -2.11. The van der Waals surface area contributed by atoms with Gasteiger partial charge < -0.3 is 14.7 Å². The molecule has 3 rings (SSSR count). The summed E-state index contributed by atoms with van der Waals surface area (Å²) in [5.41, 5.74) is 4.16. The molecule has 33 heavy (non-hydrogen) atoms. The summed E-state index contributed by atoms with van der Waals surface area (Å²) in [4.78, 5) is 17.4. The predicted octanol–water partition coefficient (Wildman–Crippen LogP) is 5.29. The second-order valence-electron chi connectivity index (χ2n) is 10.1. The molecule has 0 radical (unpaired) electrons. The first-order valence-corrected chi connectivity index (χ1v) is 12.6. The molecule has 1 aromatic rings. The van der Waals surface area contributed by atoms with Crippen LogP contribution in [-0.4, -0.2) is 60.6 Å². The van der Waals surface area contributed by atoms with Crippen LogP contribution in [-0.2, 0) is 11.2 Å². The van der Waals surface area contributed by atoms with Crippen molar-refractivity contribution in [2.75, 3.05) is 39.8 Å². The van der Waals surface area contributed by atoms with Crippen molar-refractivity contribution in [1.29, 1.82) is 0 Å². The normalized spacial score (nSPS) is 22.1. The standard InChI is InChI=1S/C28H42N2O3/c1-6-7-8-9-22-17-25(31)28(24-16-21(4)10-11-23(24)20(2)3)26(18-22)33-27(32)19-30-14-12-29(5)13-15-30/h16-18,23-24,31H,2,6-15,19H2,1,3-5H3/t23-,24+/m1/s1. The molecule has 5 nitrogen and oxygen atoms in total. The number of ether oxygens (including phenoxy) is 1. The molecule has 1 aliphatic heterocycles. The zero-order valence-corrected chi connectivity index (χ0v) is 21.0. The molecule has 1 heterocycles. The fraction of sp³-hybridized carbons (Fsp3) is 0.607. The van der Waals surface area contributed by atoms with Crippen LogP contribution in [0.15, 0.2) is 35.9 Å². The van der Waals surface area contributed by atoms with Crippen LogP contribution in [0.2, 0.25) is 0 Å². The highest BCUT2D eigenvalue weighted by molar-refractivity contribution is 5.75. The number of carbonyl (C=O) groups excluding carboxylic acids is 1. The number of benzene rings is 1. The van der Waals surface area contributed by atoms with Crippen LogP contribution < -0.4 is 4.74 Å². The maximum Gasteiger partial charge on any atom is 0.325 e. The number of piperazine rings is 1. The van der Waals surface area contributed by atoms with Crippen LogP contribution in [0.4, 0.5) is 0 Å². The van der Waals surface area contributed by atoms with Gasteiger partial charge in [-0.3, -0.25) is 9.69 Å². The van der Waals surface area contributed by atoms with Gasteiger partial charge in [0.2, 0.25) is 0 Å². The Morgan fingerprint density at radius 2 is 1.94 bits per heavy atom. The van der Waals surface area contributed by atoms with Crippen LogP contribution in [0.5, 0.6) is 11.5 Å². The van der Waals surface area contributed by atoms with E-state index in [4.69, 9.17) is 4.74 Å². The number of esters is 1. The van der Waals surface area contributed by atoms with Crippen LogP contribution in [0.3, 0.4) is 0 Å². The summed E-state index contributed by atoms with van der Waals surface area (Å²) in [5.74, 6) is 0.679. The average Bonchev–Trinajstić information content (AvgIpc) is 2.75. The highest BCUT2D eigenvalue weighted by Gasteiger charge is 2.31. The van der Waals surface area contributed by atoms with Crippen molar-refractivity contribution in [2.45, 2.75) is 65.2 Å². The number of phenolic OH excluding ortho intramolecular Hbond substituents is 1. The van der Waals surface area contributed by atoms with Gasteiger partial charge in [-0.1, -0.05) is 43.6 Å². The number of carbonyl (C=O) groups is 1. The minimum atomic E-state index is -0.255. The van der Waals surface area contributed by atoms with Crippen molar-refractivity contribution >= 4 is 5.97 Å². The number of hydrogen-bond acceptors (Lipinski definition) is 5. The number of hydrogen-bond donors (Lipinski definition) is 1. The van der Waals surface area contributed by atoms with E-state index in [0.717, 1.165) is 81.4 Å². The Morgan fingerprint density at radius 3 is 2.61 bits per heavy atom. The Labute approximate surface area is 200 Å². The minimum absolute atomic E-state index is 0.0348. The molecule has 1 aromatic carbocycles. The van der Waals surface area contributed by atoms with E-state index in [1.165, 1.54) is 5.57 Å². The van der Waals surface area contributed by atoms with Crippen molar-refractivity contribution in [3.8, 4) is 11.5 Å². The SMILES string of the molecule is C=C(C)[C@H]1CCC(C)=C[C@@H]1c1c(O)cc(CCCCC)cc1OC(=O)CN1CCN(C)CC1. The number of allylic oxidation sites excluding steroid dienone is 3. The lowest BCUT2D eigenvalue weighted by molar-refractivity contribution is -0.136. The molecule has 0 aromatic heterocycles. The summed E-state index contributed by atoms with van der Waals surface area (Å²) >= 11 is 0. The first kappa shape index (κ1) is 25.5. The van der Waals surface area contributed by atoms with E-state index >= 15 is 0 Å². The monoisotopic (exact) mass is 454 g/mol. The number of aryl methyl sites for hydroxylation is 1. The number of aromatic hydroxyl groups is 1. The molecule has 182 valence electrons. The van der Waals surface area contributed by atoms with Gasteiger partial charge in [0.15, 0.2) is 0 Å². The molecule has 2 atom stereocenters. The van der Waals surface area contributed by atoms with Crippen molar-refractivity contribution in [2.24, 2.45) is 5.92 Å². The van der Waals surface area contributed by atoms with Crippen molar-refractivity contribution in [1.82, 2.24) is 9.80 Å². The number of unbranched alkanes of at least 4 members (excludes halogenated alkanes) is 2. The van der Waals surface area contributed by atoms with E-state index in [0.29, 0.717) is 5.75 Å². The molecule has 0 unspecified atom stereocenters. The lowest BCUT2D eigenvalue weighted by Crippen LogP contribution is -2.46. The molecule has 0 amide bonds. The summed E-state index contributed by atoms with van der Waals surface area (Å²) < 4.78 is 6.01. The van der Waals surface area contributed by atoms with Crippen LogP contribution in [0, 0.1) is 5.92 Å². The highest BCUT2D eigenvalue weighted by atomic mass is 16.5. The molecule has 0 spiro atoms. The number of likely N-dealkylation sites (N-methyl/N-ethyl adjacent to an activating group) is 1. The van der Waals surface area contributed by atoms with Gasteiger partial charge in [-0.05, 0) is 70.2 Å². The summed E-state index contributed by atoms with van der Waals surface area (Å²) in [6.45, 7) is 14.5. The lowest BCUT2D eigenvalue weighted by atomic mass is 9.73. The Kier molecular flexibility index (Phi) is 9.16. The van der Waals surface area contributed by atoms with E-state index in [1.807, 2.05) is 12.1 Å². The molecule has 1 aliphatic carbocycles. The van der Waals surface area contributed by atoms with Gasteiger partial charge in [0.1, 0.15) is 11.5 Å². The summed E-state index contributed by atoms with van der Waals surface area (Å²) in [6, 6.07) is 3.86. The van der Waals surface area contributed by atoms with E-state index in [9.17, 15) is 9.90 Å².